The van der Waals surface area contributed by atoms with Gasteiger partial charge >= 0.3 is 0 Å². The normalized spacial score (nSPS) is 6.40. The number of aliphatic imine (C=N–C) groups is 1. The third kappa shape index (κ3) is 43.9. The highest BCUT2D eigenvalue weighted by Crippen LogP contribution is 1.86. The average Bonchev–Trinajstić information content (AvgIpc) is 2.95. The summed E-state index contributed by atoms with van der Waals surface area (Å²) in [7, 11) is 0. The first-order valence-corrected chi connectivity index (χ1v) is 7.32. The van der Waals surface area contributed by atoms with Crippen LogP contribution in [0.25, 0.3) is 0 Å². The van der Waals surface area contributed by atoms with E-state index in [-0.39, 0.29) is 13.4 Å². The topological polar surface area (TPSA) is 80.2 Å². The lowest BCUT2D eigenvalue weighted by Gasteiger charge is -1.86. The summed E-state index contributed by atoms with van der Waals surface area (Å²) in [6, 6.07) is 4.01. The molecule has 1 aromatic rings. The predicted molar refractivity (Wildman–Crippen MR) is 97.3 cm³/mol. The van der Waals surface area contributed by atoms with E-state index >= 15 is 0 Å². The number of aromatic nitrogens is 1. The molecule has 0 bridgehead atoms. The molecule has 0 saturated carbocycles. The van der Waals surface area contributed by atoms with Gasteiger partial charge in [0.2, 0.25) is 0 Å². The maximum atomic E-state index is 5.01. The molecule has 124 valence electrons. The highest BCUT2D eigenvalue weighted by Gasteiger charge is 1.74. The van der Waals surface area contributed by atoms with E-state index in [1.807, 2.05) is 73.7 Å². The summed E-state index contributed by atoms with van der Waals surface area (Å²) in [6.07, 6.45) is 2.91. The molecule has 0 aliphatic rings. The molecule has 0 atom stereocenters. The molecule has 0 radical (unpaired) electrons. The number of hydrogen-bond acceptors (Lipinski definition) is 1. The van der Waals surface area contributed by atoms with Crippen molar-refractivity contribution in [1.29, 1.82) is 0 Å². The maximum Gasteiger partial charge on any atom is 0.185 e. The molecule has 0 saturated heterocycles. The summed E-state index contributed by atoms with van der Waals surface area (Å²) in [5, 5.41) is 0. The number of H-pyrrole nitrogens is 1. The fourth-order valence-electron chi connectivity index (χ4n) is 0.661. The minimum Gasteiger partial charge on any atom is -0.370 e. The molecule has 0 spiro atoms. The Morgan fingerprint density at radius 2 is 1.55 bits per heavy atom. The smallest absolute Gasteiger partial charge is 0.185 e. The third-order valence-electron chi connectivity index (χ3n) is 1.27. The molecule has 0 fully saturated rings. The van der Waals surface area contributed by atoms with E-state index in [1.54, 1.807) is 0 Å². The van der Waals surface area contributed by atoms with Crippen LogP contribution in [0.2, 0.25) is 0 Å². The number of aryl methyl sites for hydroxylation is 1. The van der Waals surface area contributed by atoms with Gasteiger partial charge in [0.25, 0.3) is 0 Å². The van der Waals surface area contributed by atoms with Gasteiger partial charge in [0, 0.05) is 18.4 Å². The van der Waals surface area contributed by atoms with Crippen LogP contribution in [0.15, 0.2) is 23.3 Å². The van der Waals surface area contributed by atoms with Crippen LogP contribution >= 0.6 is 0 Å². The Kier molecular flexibility index (Phi) is 56.1. The van der Waals surface area contributed by atoms with Gasteiger partial charge in [-0.15, -0.1) is 0 Å². The van der Waals surface area contributed by atoms with Crippen LogP contribution in [0.1, 0.15) is 68.0 Å². The molecule has 1 rings (SSSR count). The minimum atomic E-state index is 0. The minimum absolute atomic E-state index is 0. The van der Waals surface area contributed by atoms with E-state index in [2.05, 4.69) is 9.98 Å². The van der Waals surface area contributed by atoms with Crippen molar-refractivity contribution in [2.24, 2.45) is 16.5 Å². The highest BCUT2D eigenvalue weighted by molar-refractivity contribution is 5.75. The summed E-state index contributed by atoms with van der Waals surface area (Å²) in [5.74, 6) is 0.182. The Bertz CT molecular complexity index is 225. The second-order valence-corrected chi connectivity index (χ2v) is 2.66. The molecular weight excluding hydrogens is 248 g/mol. The average molecular weight is 289 g/mol. The number of nitrogens with one attached hydrogen (secondary N) is 1. The lowest BCUT2D eigenvalue weighted by atomic mass is 10.5. The van der Waals surface area contributed by atoms with Crippen molar-refractivity contribution in [3.05, 3.63) is 24.0 Å². The van der Waals surface area contributed by atoms with Crippen molar-refractivity contribution in [3.8, 4) is 0 Å². The molecule has 0 aliphatic heterocycles. The fourth-order valence-corrected chi connectivity index (χ4v) is 0.661. The highest BCUT2D eigenvalue weighted by atomic mass is 15.0. The number of guanidine groups is 1. The van der Waals surface area contributed by atoms with Gasteiger partial charge in [-0.2, -0.15) is 0 Å². The van der Waals surface area contributed by atoms with Crippen LogP contribution in [0.4, 0.5) is 0 Å². The van der Waals surface area contributed by atoms with Gasteiger partial charge in [-0.1, -0.05) is 55.9 Å². The van der Waals surface area contributed by atoms with Gasteiger partial charge in [-0.05, 0) is 25.5 Å². The molecule has 20 heavy (non-hydrogen) atoms. The van der Waals surface area contributed by atoms with Gasteiger partial charge in [-0.3, -0.25) is 4.99 Å². The molecule has 1 aromatic heterocycles. The Balaban J connectivity index is -0.0000000528. The van der Waals surface area contributed by atoms with Gasteiger partial charge in [0.05, 0.1) is 0 Å². The zero-order chi connectivity index (χ0) is 16.1. The molecule has 0 aliphatic carbocycles. The quantitative estimate of drug-likeness (QED) is 0.544. The lowest BCUT2D eigenvalue weighted by molar-refractivity contribution is 0.927. The fraction of sp³-hybridized carbons (Fsp3) is 0.688. The van der Waals surface area contributed by atoms with Crippen LogP contribution in [0, 0.1) is 6.92 Å². The van der Waals surface area contributed by atoms with Crippen LogP contribution in [-0.2, 0) is 0 Å². The Morgan fingerprint density at radius 1 is 1.10 bits per heavy atom. The van der Waals surface area contributed by atoms with E-state index < -0.39 is 0 Å². The van der Waals surface area contributed by atoms with Crippen molar-refractivity contribution in [2.45, 2.75) is 69.2 Å². The van der Waals surface area contributed by atoms with Gasteiger partial charge in [0.15, 0.2) is 5.96 Å². The number of rotatable bonds is 2. The summed E-state index contributed by atoms with van der Waals surface area (Å²) in [6.45, 7) is 16.8. The first-order chi connectivity index (χ1) is 9.16. The molecular formula is C16H40N4. The first kappa shape index (κ1) is 31.1. The predicted octanol–water partition coefficient (Wildman–Crippen LogP) is 4.71. The van der Waals surface area contributed by atoms with Gasteiger partial charge < -0.3 is 16.5 Å². The molecule has 4 nitrogen and oxygen atoms in total. The largest absolute Gasteiger partial charge is 0.370 e. The molecule has 5 N–H and O–H groups in total. The van der Waals surface area contributed by atoms with E-state index in [1.165, 1.54) is 5.69 Å². The van der Waals surface area contributed by atoms with E-state index in [0.717, 1.165) is 13.0 Å². The number of nitrogens with zero attached hydrogens (tertiary/aromatic N) is 1. The third-order valence-corrected chi connectivity index (χ3v) is 1.27. The summed E-state index contributed by atoms with van der Waals surface area (Å²) >= 11 is 0. The summed E-state index contributed by atoms with van der Waals surface area (Å²) in [4.78, 5) is 6.72. The van der Waals surface area contributed by atoms with Crippen molar-refractivity contribution < 1.29 is 0 Å². The lowest BCUT2D eigenvalue weighted by Crippen LogP contribution is -2.22. The molecule has 4 heteroatoms. The summed E-state index contributed by atoms with van der Waals surface area (Å²) < 4.78 is 0. The van der Waals surface area contributed by atoms with Crippen molar-refractivity contribution in [1.82, 2.24) is 4.98 Å². The van der Waals surface area contributed by atoms with E-state index in [0.29, 0.717) is 0 Å². The van der Waals surface area contributed by atoms with Crippen LogP contribution < -0.4 is 11.5 Å². The number of aromatic amines is 1. The monoisotopic (exact) mass is 288 g/mol. The zero-order valence-corrected chi connectivity index (χ0v) is 14.2. The standard InChI is InChI=1S/C5H7N.C4H11N3.3C2H6.CH4/c1-5-3-2-4-6-5;1-2-3-7-4(5)6;3*1-2;/h2-4,6H,1H3;2-3H2,1H3,(H4,5,6,7);3*1-2H3;1H4. The van der Waals surface area contributed by atoms with Gasteiger partial charge in [-0.25, -0.2) is 0 Å². The zero-order valence-electron chi connectivity index (χ0n) is 14.2. The van der Waals surface area contributed by atoms with E-state index in [4.69, 9.17) is 11.5 Å². The van der Waals surface area contributed by atoms with Crippen molar-refractivity contribution in [3.63, 3.8) is 0 Å². The number of nitrogens with two attached hydrogens (primary N) is 2. The SMILES string of the molecule is C.CC.CC.CC.CCCN=C(N)N.Cc1ccc[nH]1. The van der Waals surface area contributed by atoms with Crippen molar-refractivity contribution >= 4 is 5.96 Å². The van der Waals surface area contributed by atoms with Crippen LogP contribution in [-0.4, -0.2) is 17.5 Å². The Hall–Kier alpha value is -1.45. The Labute approximate surface area is 128 Å². The maximum absolute atomic E-state index is 5.01. The molecule has 0 unspecified atom stereocenters. The molecule has 1 heterocycles. The van der Waals surface area contributed by atoms with Gasteiger partial charge in [0.1, 0.15) is 0 Å². The van der Waals surface area contributed by atoms with Crippen LogP contribution in [0.5, 0.6) is 0 Å². The summed E-state index contributed by atoms with van der Waals surface area (Å²) in [5.41, 5.74) is 11.2. The van der Waals surface area contributed by atoms with E-state index in [9.17, 15) is 0 Å². The Morgan fingerprint density at radius 3 is 1.65 bits per heavy atom. The molecule has 0 amide bonds. The molecule has 0 aromatic carbocycles. The second kappa shape index (κ2) is 36.0. The first-order valence-electron chi connectivity index (χ1n) is 7.32. The van der Waals surface area contributed by atoms with Crippen LogP contribution in [0.3, 0.4) is 0 Å². The number of hydrogen-bond donors (Lipinski definition) is 3. The second-order valence-electron chi connectivity index (χ2n) is 2.66. The van der Waals surface area contributed by atoms with Crippen molar-refractivity contribution in [2.75, 3.05) is 6.54 Å².